The Morgan fingerprint density at radius 3 is 2.05 bits per heavy atom. The largest absolute Gasteiger partial charge is 0.368 e. The van der Waals surface area contributed by atoms with Crippen LogP contribution in [0, 0.1) is 13.8 Å². The van der Waals surface area contributed by atoms with Crippen LogP contribution in [0.15, 0.2) is 36.4 Å². The normalized spacial score (nSPS) is 15.3. The predicted octanol–water partition coefficient (Wildman–Crippen LogP) is 5.21. The Balaban J connectivity index is 1.78. The first-order chi connectivity index (χ1) is 9.54. The van der Waals surface area contributed by atoms with Crippen LogP contribution in [0.3, 0.4) is 0 Å². The molecule has 0 spiro atoms. The highest BCUT2D eigenvalue weighted by molar-refractivity contribution is 6.39. The van der Waals surface area contributed by atoms with Gasteiger partial charge in [-0.15, -0.1) is 0 Å². The van der Waals surface area contributed by atoms with Crippen LogP contribution in [0.4, 0.5) is 5.69 Å². The van der Waals surface area contributed by atoms with Gasteiger partial charge in [-0.3, -0.25) is 0 Å². The SMILES string of the molecule is Cc1cc(C)cc(C2CN(c3c(Cl)cccc3Cl)C2)c1. The Morgan fingerprint density at radius 1 is 0.950 bits per heavy atom. The average Bonchev–Trinajstić information content (AvgIpc) is 2.29. The lowest BCUT2D eigenvalue weighted by molar-refractivity contribution is 0.525. The van der Waals surface area contributed by atoms with E-state index in [1.807, 2.05) is 18.2 Å². The first-order valence-electron chi connectivity index (χ1n) is 6.82. The van der Waals surface area contributed by atoms with Gasteiger partial charge in [-0.1, -0.05) is 58.6 Å². The highest BCUT2D eigenvalue weighted by Crippen LogP contribution is 2.40. The van der Waals surface area contributed by atoms with E-state index in [0.29, 0.717) is 5.92 Å². The van der Waals surface area contributed by atoms with Crippen LogP contribution in [0.5, 0.6) is 0 Å². The van der Waals surface area contributed by atoms with Gasteiger partial charge in [0.15, 0.2) is 0 Å². The van der Waals surface area contributed by atoms with E-state index < -0.39 is 0 Å². The molecule has 104 valence electrons. The summed E-state index contributed by atoms with van der Waals surface area (Å²) in [6.45, 7) is 6.26. The number of rotatable bonds is 2. The number of para-hydroxylation sites is 1. The van der Waals surface area contributed by atoms with E-state index in [4.69, 9.17) is 23.2 Å². The quantitative estimate of drug-likeness (QED) is 0.736. The molecule has 0 saturated carbocycles. The van der Waals surface area contributed by atoms with Crippen molar-refractivity contribution >= 4 is 28.9 Å². The van der Waals surface area contributed by atoms with Gasteiger partial charge in [0.1, 0.15) is 0 Å². The van der Waals surface area contributed by atoms with E-state index in [9.17, 15) is 0 Å². The summed E-state index contributed by atoms with van der Waals surface area (Å²) in [4.78, 5) is 2.26. The highest BCUT2D eigenvalue weighted by atomic mass is 35.5. The molecule has 0 N–H and O–H groups in total. The molecule has 2 aromatic carbocycles. The summed E-state index contributed by atoms with van der Waals surface area (Å²) in [7, 11) is 0. The molecule has 1 fully saturated rings. The van der Waals surface area contributed by atoms with Gasteiger partial charge < -0.3 is 4.90 Å². The lowest BCUT2D eigenvalue weighted by atomic mass is 9.89. The van der Waals surface area contributed by atoms with Crippen molar-refractivity contribution < 1.29 is 0 Å². The van der Waals surface area contributed by atoms with E-state index in [1.165, 1.54) is 16.7 Å². The molecular weight excluding hydrogens is 289 g/mol. The number of hydrogen-bond acceptors (Lipinski definition) is 1. The van der Waals surface area contributed by atoms with Crippen molar-refractivity contribution in [1.82, 2.24) is 0 Å². The van der Waals surface area contributed by atoms with Crippen LogP contribution in [0.1, 0.15) is 22.6 Å². The fourth-order valence-electron chi connectivity index (χ4n) is 2.91. The maximum Gasteiger partial charge on any atom is 0.0745 e. The van der Waals surface area contributed by atoms with E-state index >= 15 is 0 Å². The lowest BCUT2D eigenvalue weighted by Crippen LogP contribution is -2.45. The van der Waals surface area contributed by atoms with Gasteiger partial charge in [-0.25, -0.2) is 0 Å². The summed E-state index contributed by atoms with van der Waals surface area (Å²) < 4.78 is 0. The first kappa shape index (κ1) is 13.8. The fraction of sp³-hybridized carbons (Fsp3) is 0.294. The zero-order valence-corrected chi connectivity index (χ0v) is 13.2. The van der Waals surface area contributed by atoms with Crippen molar-refractivity contribution in [3.8, 4) is 0 Å². The van der Waals surface area contributed by atoms with E-state index in [2.05, 4.69) is 36.9 Å². The van der Waals surface area contributed by atoms with Gasteiger partial charge in [0.05, 0.1) is 15.7 Å². The van der Waals surface area contributed by atoms with Gasteiger partial charge in [-0.05, 0) is 31.5 Å². The van der Waals surface area contributed by atoms with Crippen molar-refractivity contribution in [3.05, 3.63) is 63.1 Å². The van der Waals surface area contributed by atoms with Crippen LogP contribution < -0.4 is 4.90 Å². The van der Waals surface area contributed by atoms with E-state index in [1.54, 1.807) is 0 Å². The monoisotopic (exact) mass is 305 g/mol. The maximum absolute atomic E-state index is 6.26. The van der Waals surface area contributed by atoms with Crippen LogP contribution >= 0.6 is 23.2 Å². The Bertz CT molecular complexity index is 605. The molecule has 3 heteroatoms. The maximum atomic E-state index is 6.26. The Morgan fingerprint density at radius 2 is 1.50 bits per heavy atom. The second-order valence-electron chi connectivity index (χ2n) is 5.59. The van der Waals surface area contributed by atoms with Gasteiger partial charge >= 0.3 is 0 Å². The number of aryl methyl sites for hydroxylation is 2. The number of halogens is 2. The Labute approximate surface area is 130 Å². The molecule has 1 heterocycles. The third-order valence-corrected chi connectivity index (χ3v) is 4.46. The van der Waals surface area contributed by atoms with Gasteiger partial charge in [0.2, 0.25) is 0 Å². The molecule has 0 aromatic heterocycles. The van der Waals surface area contributed by atoms with Crippen LogP contribution in [-0.4, -0.2) is 13.1 Å². The fourth-order valence-corrected chi connectivity index (χ4v) is 3.55. The summed E-state index contributed by atoms with van der Waals surface area (Å²) in [6, 6.07) is 12.5. The Kier molecular flexibility index (Phi) is 3.66. The number of benzene rings is 2. The molecule has 1 nitrogen and oxygen atoms in total. The van der Waals surface area contributed by atoms with E-state index in [-0.39, 0.29) is 0 Å². The minimum absolute atomic E-state index is 0.570. The van der Waals surface area contributed by atoms with Gasteiger partial charge in [0.25, 0.3) is 0 Å². The number of hydrogen-bond donors (Lipinski definition) is 0. The summed E-state index contributed by atoms with van der Waals surface area (Å²) in [5.41, 5.74) is 5.04. The second-order valence-corrected chi connectivity index (χ2v) is 6.41. The van der Waals surface area contributed by atoms with Gasteiger partial charge in [-0.2, -0.15) is 0 Å². The van der Waals surface area contributed by atoms with Crippen molar-refractivity contribution in [2.24, 2.45) is 0 Å². The molecule has 0 bridgehead atoms. The highest BCUT2D eigenvalue weighted by Gasteiger charge is 2.30. The van der Waals surface area contributed by atoms with Crippen LogP contribution in [0.25, 0.3) is 0 Å². The first-order valence-corrected chi connectivity index (χ1v) is 7.57. The molecule has 1 aliphatic rings. The van der Waals surface area contributed by atoms with Gasteiger partial charge in [0, 0.05) is 19.0 Å². The lowest BCUT2D eigenvalue weighted by Gasteiger charge is -2.42. The summed E-state index contributed by atoms with van der Waals surface area (Å²) >= 11 is 12.5. The molecule has 1 aliphatic heterocycles. The third-order valence-electron chi connectivity index (χ3n) is 3.85. The average molecular weight is 306 g/mol. The number of nitrogens with zero attached hydrogens (tertiary/aromatic N) is 1. The van der Waals surface area contributed by atoms with Crippen molar-refractivity contribution in [1.29, 1.82) is 0 Å². The molecule has 0 atom stereocenters. The molecule has 20 heavy (non-hydrogen) atoms. The minimum atomic E-state index is 0.570. The molecule has 1 saturated heterocycles. The topological polar surface area (TPSA) is 3.24 Å². The van der Waals surface area contributed by atoms with Crippen molar-refractivity contribution in [3.63, 3.8) is 0 Å². The second kappa shape index (κ2) is 5.31. The summed E-state index contributed by atoms with van der Waals surface area (Å²) in [5, 5.41) is 1.47. The predicted molar refractivity (Wildman–Crippen MR) is 87.3 cm³/mol. The molecular formula is C17H17Cl2N. The van der Waals surface area contributed by atoms with Crippen LogP contribution in [-0.2, 0) is 0 Å². The zero-order chi connectivity index (χ0) is 14.3. The van der Waals surface area contributed by atoms with Crippen molar-refractivity contribution in [2.75, 3.05) is 18.0 Å². The summed E-state index contributed by atoms with van der Waals surface area (Å²) in [5.74, 6) is 0.570. The molecule has 0 unspecified atom stereocenters. The Hall–Kier alpha value is -1.18. The molecule has 0 amide bonds. The number of anilines is 1. The standard InChI is InChI=1S/C17H17Cl2N/c1-11-6-12(2)8-13(7-11)14-9-20(10-14)17-15(18)4-3-5-16(17)19/h3-8,14H,9-10H2,1-2H3. The third kappa shape index (κ3) is 2.53. The smallest absolute Gasteiger partial charge is 0.0745 e. The molecule has 2 aromatic rings. The molecule has 0 radical (unpaired) electrons. The van der Waals surface area contributed by atoms with Crippen LogP contribution in [0.2, 0.25) is 10.0 Å². The van der Waals surface area contributed by atoms with Crippen molar-refractivity contribution in [2.45, 2.75) is 19.8 Å². The minimum Gasteiger partial charge on any atom is -0.368 e. The zero-order valence-electron chi connectivity index (χ0n) is 11.7. The molecule has 3 rings (SSSR count). The molecule has 0 aliphatic carbocycles. The van der Waals surface area contributed by atoms with E-state index in [0.717, 1.165) is 28.8 Å². The summed E-state index contributed by atoms with van der Waals surface area (Å²) in [6.07, 6.45) is 0.